The van der Waals surface area contributed by atoms with Gasteiger partial charge in [-0.1, -0.05) is 62.3 Å². The summed E-state index contributed by atoms with van der Waals surface area (Å²) in [7, 11) is 0. The van der Waals surface area contributed by atoms with Gasteiger partial charge in [0.1, 0.15) is 0 Å². The van der Waals surface area contributed by atoms with Gasteiger partial charge in [-0.25, -0.2) is 0 Å². The lowest BCUT2D eigenvalue weighted by atomic mass is 9.57. The van der Waals surface area contributed by atoms with E-state index in [1.807, 2.05) is 0 Å². The third-order valence-corrected chi connectivity index (χ3v) is 8.77. The number of hydrogen-bond donors (Lipinski definition) is 0. The zero-order valence-corrected chi connectivity index (χ0v) is 20.9. The van der Waals surface area contributed by atoms with Gasteiger partial charge in [0.05, 0.1) is 0 Å². The molecule has 0 amide bonds. The predicted molar refractivity (Wildman–Crippen MR) is 121 cm³/mol. The van der Waals surface area contributed by atoms with Crippen molar-refractivity contribution in [3.05, 3.63) is 0 Å². The topological polar surface area (TPSA) is 3.24 Å². The van der Waals surface area contributed by atoms with Crippen LogP contribution in [0.5, 0.6) is 0 Å². The molecular weight excluding hydrogens is 314 g/mol. The summed E-state index contributed by atoms with van der Waals surface area (Å²) in [6.07, 6.45) is 8.63. The maximum atomic E-state index is 3.02. The van der Waals surface area contributed by atoms with Crippen molar-refractivity contribution in [2.45, 2.75) is 152 Å². The molecule has 0 aromatic carbocycles. The largest absolute Gasteiger partial charge is 0.286 e. The van der Waals surface area contributed by atoms with Crippen LogP contribution in [0.3, 0.4) is 0 Å². The summed E-state index contributed by atoms with van der Waals surface area (Å²) in [5.74, 6) is 0. The summed E-state index contributed by atoms with van der Waals surface area (Å²) < 4.78 is 0. The molecule has 0 rings (SSSR count). The molecule has 0 aliphatic carbocycles. The molecule has 0 aromatic rings. The molecule has 0 N–H and O–H groups in total. The molecule has 1 unspecified atom stereocenters. The van der Waals surface area contributed by atoms with Gasteiger partial charge >= 0.3 is 0 Å². The number of nitrogens with zero attached hydrogens (tertiary/aromatic N) is 1. The van der Waals surface area contributed by atoms with Crippen molar-refractivity contribution in [2.75, 3.05) is 0 Å². The quantitative estimate of drug-likeness (QED) is 0.354. The van der Waals surface area contributed by atoms with Gasteiger partial charge in [0.2, 0.25) is 0 Å². The Morgan fingerprint density at radius 3 is 1.08 bits per heavy atom. The van der Waals surface area contributed by atoms with Crippen LogP contribution in [0.1, 0.15) is 135 Å². The van der Waals surface area contributed by atoms with Crippen molar-refractivity contribution in [3.8, 4) is 0 Å². The number of rotatable bonds is 11. The zero-order chi connectivity index (χ0) is 21.0. The Kier molecular flexibility index (Phi) is 8.96. The summed E-state index contributed by atoms with van der Waals surface area (Å²) in [6.45, 7) is 31.9. The normalized spacial score (nSPS) is 16.8. The Morgan fingerprint density at radius 1 is 0.500 bits per heavy atom. The smallest absolute Gasteiger partial charge is 0.0266 e. The van der Waals surface area contributed by atoms with E-state index in [4.69, 9.17) is 0 Å². The molecule has 0 aromatic heterocycles. The molecule has 1 heteroatoms. The van der Waals surface area contributed by atoms with Crippen LogP contribution in [-0.2, 0) is 0 Å². The van der Waals surface area contributed by atoms with Gasteiger partial charge in [-0.15, -0.1) is 0 Å². The van der Waals surface area contributed by atoms with Crippen molar-refractivity contribution in [3.63, 3.8) is 0 Å². The van der Waals surface area contributed by atoms with E-state index in [2.05, 4.69) is 94.9 Å². The Hall–Kier alpha value is -0.0400. The molecule has 0 radical (unpaired) electrons. The van der Waals surface area contributed by atoms with Gasteiger partial charge in [-0.2, -0.15) is 0 Å². The van der Waals surface area contributed by atoms with E-state index < -0.39 is 0 Å². The van der Waals surface area contributed by atoms with E-state index in [-0.39, 0.29) is 22.0 Å². The first-order chi connectivity index (χ1) is 11.8. The second-order valence-electron chi connectivity index (χ2n) is 10.5. The lowest BCUT2D eigenvalue weighted by Crippen LogP contribution is -2.74. The van der Waals surface area contributed by atoms with Crippen LogP contribution >= 0.6 is 0 Å². The van der Waals surface area contributed by atoms with E-state index in [9.17, 15) is 0 Å². The molecular formula is C25H53N. The van der Waals surface area contributed by atoms with Crippen LogP contribution in [0.2, 0.25) is 0 Å². The molecule has 0 heterocycles. The SMILES string of the molecule is CCC(C)(C)C(CC)(CC)N(C(C)(C)C)C(C)(CC)C(CC)(CC)CC. The monoisotopic (exact) mass is 367 g/mol. The third kappa shape index (κ3) is 3.89. The highest BCUT2D eigenvalue weighted by molar-refractivity contribution is 5.13. The molecule has 0 aliphatic heterocycles. The molecule has 1 atom stereocenters. The average molecular weight is 368 g/mol. The second-order valence-corrected chi connectivity index (χ2v) is 10.5. The Labute approximate surface area is 167 Å². The van der Waals surface area contributed by atoms with Crippen LogP contribution in [0, 0.1) is 10.8 Å². The van der Waals surface area contributed by atoms with Gasteiger partial charge in [0, 0.05) is 16.6 Å². The molecule has 1 nitrogen and oxygen atoms in total. The minimum absolute atomic E-state index is 0.133. The Morgan fingerprint density at radius 2 is 0.885 bits per heavy atom. The van der Waals surface area contributed by atoms with Crippen LogP contribution in [-0.4, -0.2) is 21.5 Å². The minimum atomic E-state index is 0.133. The highest BCUT2D eigenvalue weighted by Gasteiger charge is 2.59. The standard InChI is InChI=1S/C25H53N/c1-14-22(11,12)25(19-6,20-7)26(21(8,9)10)23(13,15-2)24(16-3,17-4)18-5/h14-20H2,1-13H3. The van der Waals surface area contributed by atoms with Crippen molar-refractivity contribution in [1.82, 2.24) is 4.90 Å². The van der Waals surface area contributed by atoms with E-state index in [1.165, 1.54) is 44.9 Å². The summed E-state index contributed by atoms with van der Waals surface area (Å²) >= 11 is 0. The fourth-order valence-electron chi connectivity index (χ4n) is 6.67. The molecule has 0 saturated heterocycles. The summed E-state index contributed by atoms with van der Waals surface area (Å²) in [5, 5.41) is 0. The van der Waals surface area contributed by atoms with E-state index in [1.54, 1.807) is 0 Å². The fraction of sp³-hybridized carbons (Fsp3) is 1.00. The van der Waals surface area contributed by atoms with Gasteiger partial charge < -0.3 is 0 Å². The van der Waals surface area contributed by atoms with Gasteiger partial charge in [-0.3, -0.25) is 4.90 Å². The second kappa shape index (κ2) is 8.97. The lowest BCUT2D eigenvalue weighted by molar-refractivity contribution is -0.185. The van der Waals surface area contributed by atoms with Crippen molar-refractivity contribution in [2.24, 2.45) is 10.8 Å². The van der Waals surface area contributed by atoms with E-state index >= 15 is 0 Å². The molecule has 0 fully saturated rings. The molecule has 0 saturated carbocycles. The summed E-state index contributed by atoms with van der Waals surface area (Å²) in [5.41, 5.74) is 1.15. The van der Waals surface area contributed by atoms with Crippen LogP contribution in [0.25, 0.3) is 0 Å². The first-order valence-electron chi connectivity index (χ1n) is 11.6. The zero-order valence-electron chi connectivity index (χ0n) is 20.9. The molecule has 0 aliphatic rings. The van der Waals surface area contributed by atoms with Gasteiger partial charge in [0.15, 0.2) is 0 Å². The Balaban J connectivity index is 7.03. The van der Waals surface area contributed by atoms with Crippen molar-refractivity contribution in [1.29, 1.82) is 0 Å². The first-order valence-corrected chi connectivity index (χ1v) is 11.6. The Bertz CT molecular complexity index is 398. The van der Waals surface area contributed by atoms with Crippen LogP contribution < -0.4 is 0 Å². The summed E-state index contributed by atoms with van der Waals surface area (Å²) in [6, 6.07) is 0. The average Bonchev–Trinajstić information content (AvgIpc) is 2.59. The molecule has 26 heavy (non-hydrogen) atoms. The maximum Gasteiger partial charge on any atom is 0.0266 e. The van der Waals surface area contributed by atoms with Crippen molar-refractivity contribution < 1.29 is 0 Å². The van der Waals surface area contributed by atoms with E-state index in [0.29, 0.717) is 5.41 Å². The molecule has 158 valence electrons. The minimum Gasteiger partial charge on any atom is -0.286 e. The third-order valence-electron chi connectivity index (χ3n) is 8.77. The summed E-state index contributed by atoms with van der Waals surface area (Å²) in [4.78, 5) is 3.02. The number of hydrogen-bond acceptors (Lipinski definition) is 1. The molecule has 0 spiro atoms. The van der Waals surface area contributed by atoms with Gasteiger partial charge in [0.25, 0.3) is 0 Å². The fourth-order valence-corrected chi connectivity index (χ4v) is 6.67. The van der Waals surface area contributed by atoms with Crippen LogP contribution in [0.4, 0.5) is 0 Å². The predicted octanol–water partition coefficient (Wildman–Crippen LogP) is 8.47. The lowest BCUT2D eigenvalue weighted by Gasteiger charge is -2.68. The first kappa shape index (κ1) is 26.0. The highest BCUT2D eigenvalue weighted by Crippen LogP contribution is 2.57. The van der Waals surface area contributed by atoms with Crippen molar-refractivity contribution >= 4 is 0 Å². The maximum absolute atomic E-state index is 3.02. The van der Waals surface area contributed by atoms with Crippen LogP contribution in [0.15, 0.2) is 0 Å². The highest BCUT2D eigenvalue weighted by atomic mass is 15.3. The van der Waals surface area contributed by atoms with E-state index in [0.717, 1.165) is 0 Å². The molecule has 0 bridgehead atoms. The van der Waals surface area contributed by atoms with Gasteiger partial charge in [-0.05, 0) is 83.5 Å².